The van der Waals surface area contributed by atoms with Gasteiger partial charge in [0.2, 0.25) is 0 Å². The largest absolute Gasteiger partial charge is 0.465 e. The zero-order valence-corrected chi connectivity index (χ0v) is 11.9. The number of hydrogen-bond acceptors (Lipinski definition) is 2. The van der Waals surface area contributed by atoms with Crippen molar-refractivity contribution in [3.63, 3.8) is 0 Å². The minimum atomic E-state index is 0.193. The second kappa shape index (κ2) is 5.19. The predicted molar refractivity (Wildman–Crippen MR) is 72.6 cm³/mol. The van der Waals surface area contributed by atoms with Crippen LogP contribution >= 0.6 is 27.3 Å². The fourth-order valence-electron chi connectivity index (χ4n) is 1.58. The highest BCUT2D eigenvalue weighted by atomic mass is 79.9. The molecule has 2 heterocycles. The van der Waals surface area contributed by atoms with Gasteiger partial charge in [-0.2, -0.15) is 0 Å². The third-order valence-corrected chi connectivity index (χ3v) is 5.10. The Morgan fingerprint density at radius 1 is 1.19 bits per heavy atom. The molecule has 3 heteroatoms. The normalized spacial score (nSPS) is 12.9. The lowest BCUT2D eigenvalue weighted by Crippen LogP contribution is -1.85. The number of aryl methyl sites for hydroxylation is 2. The third-order valence-electron chi connectivity index (χ3n) is 2.56. The summed E-state index contributed by atoms with van der Waals surface area (Å²) in [6, 6.07) is 8.48. The maximum atomic E-state index is 5.75. The fourth-order valence-corrected chi connectivity index (χ4v) is 3.20. The molecule has 0 spiro atoms. The molecule has 16 heavy (non-hydrogen) atoms. The van der Waals surface area contributed by atoms with E-state index in [9.17, 15) is 0 Å². The van der Waals surface area contributed by atoms with Crippen molar-refractivity contribution in [2.45, 2.75) is 31.5 Å². The lowest BCUT2D eigenvalue weighted by molar-refractivity contribution is 0.478. The minimum absolute atomic E-state index is 0.193. The monoisotopic (exact) mass is 298 g/mol. The fraction of sp³-hybridized carbons (Fsp3) is 0.385. The van der Waals surface area contributed by atoms with Gasteiger partial charge in [-0.05, 0) is 30.7 Å². The molecule has 2 aromatic heterocycles. The van der Waals surface area contributed by atoms with Gasteiger partial charge in [0.25, 0.3) is 0 Å². The van der Waals surface area contributed by atoms with Crippen molar-refractivity contribution >= 4 is 27.3 Å². The average molecular weight is 299 g/mol. The highest BCUT2D eigenvalue weighted by molar-refractivity contribution is 9.09. The van der Waals surface area contributed by atoms with E-state index in [0.717, 1.165) is 24.4 Å². The lowest BCUT2D eigenvalue weighted by atomic mass is 10.2. The summed E-state index contributed by atoms with van der Waals surface area (Å²) in [5, 5.41) is 0. The van der Waals surface area contributed by atoms with E-state index in [0.29, 0.717) is 0 Å². The minimum Gasteiger partial charge on any atom is -0.465 e. The van der Waals surface area contributed by atoms with Crippen molar-refractivity contribution in [2.75, 3.05) is 0 Å². The van der Waals surface area contributed by atoms with Gasteiger partial charge in [-0.25, -0.2) is 0 Å². The van der Waals surface area contributed by atoms with Gasteiger partial charge in [0.05, 0.1) is 0 Å². The quantitative estimate of drug-likeness (QED) is 0.728. The van der Waals surface area contributed by atoms with Gasteiger partial charge in [0.1, 0.15) is 16.3 Å². The van der Waals surface area contributed by atoms with Crippen molar-refractivity contribution in [1.82, 2.24) is 0 Å². The second-order valence-electron chi connectivity index (χ2n) is 3.68. The number of furan rings is 1. The molecular formula is C13H15BrOS. The van der Waals surface area contributed by atoms with Crippen LogP contribution in [0, 0.1) is 0 Å². The van der Waals surface area contributed by atoms with E-state index in [1.165, 1.54) is 9.75 Å². The number of thiophene rings is 1. The van der Waals surface area contributed by atoms with Crippen LogP contribution in [0.4, 0.5) is 0 Å². The molecule has 0 aliphatic carbocycles. The SMILES string of the molecule is CCc1ccc(C(Br)c2ccc(CC)s2)o1. The number of halogens is 1. The molecule has 0 radical (unpaired) electrons. The Hall–Kier alpha value is -0.540. The molecule has 1 atom stereocenters. The van der Waals surface area contributed by atoms with Crippen LogP contribution in [0.2, 0.25) is 0 Å². The number of hydrogen-bond donors (Lipinski definition) is 0. The van der Waals surface area contributed by atoms with Crippen molar-refractivity contribution in [3.8, 4) is 0 Å². The highest BCUT2D eigenvalue weighted by Crippen LogP contribution is 2.36. The van der Waals surface area contributed by atoms with Crippen LogP contribution < -0.4 is 0 Å². The van der Waals surface area contributed by atoms with Crippen molar-refractivity contribution in [1.29, 1.82) is 0 Å². The second-order valence-corrected chi connectivity index (χ2v) is 5.79. The van der Waals surface area contributed by atoms with Crippen LogP contribution in [0.15, 0.2) is 28.7 Å². The number of rotatable bonds is 4. The van der Waals surface area contributed by atoms with Gasteiger partial charge < -0.3 is 4.42 Å². The topological polar surface area (TPSA) is 13.1 Å². The Kier molecular flexibility index (Phi) is 3.87. The average Bonchev–Trinajstić information content (AvgIpc) is 2.97. The molecule has 0 amide bonds. The van der Waals surface area contributed by atoms with Crippen molar-refractivity contribution in [3.05, 3.63) is 45.5 Å². The maximum Gasteiger partial charge on any atom is 0.123 e. The molecule has 1 nitrogen and oxygen atoms in total. The molecule has 0 fully saturated rings. The first-order valence-electron chi connectivity index (χ1n) is 5.55. The van der Waals surface area contributed by atoms with E-state index in [1.54, 1.807) is 0 Å². The van der Waals surface area contributed by atoms with E-state index in [1.807, 2.05) is 11.3 Å². The first kappa shape index (κ1) is 11.9. The van der Waals surface area contributed by atoms with Crippen LogP contribution in [0.25, 0.3) is 0 Å². The molecule has 0 saturated carbocycles. The van der Waals surface area contributed by atoms with Crippen molar-refractivity contribution in [2.24, 2.45) is 0 Å². The summed E-state index contributed by atoms with van der Waals surface area (Å²) in [5.41, 5.74) is 0. The molecule has 0 aliphatic rings. The number of alkyl halides is 1. The van der Waals surface area contributed by atoms with Crippen LogP contribution in [0.5, 0.6) is 0 Å². The lowest BCUT2D eigenvalue weighted by Gasteiger charge is -2.03. The van der Waals surface area contributed by atoms with Crippen LogP contribution in [0.1, 0.15) is 39.9 Å². The molecule has 0 N–H and O–H groups in total. The van der Waals surface area contributed by atoms with Crippen LogP contribution in [-0.2, 0) is 12.8 Å². The Morgan fingerprint density at radius 3 is 2.56 bits per heavy atom. The molecule has 0 saturated heterocycles. The molecule has 0 bridgehead atoms. The molecule has 0 aromatic carbocycles. The maximum absolute atomic E-state index is 5.75. The van der Waals surface area contributed by atoms with Crippen LogP contribution in [0.3, 0.4) is 0 Å². The van der Waals surface area contributed by atoms with E-state index in [2.05, 4.69) is 54.0 Å². The third kappa shape index (κ3) is 2.41. The Bertz CT molecular complexity index is 416. The summed E-state index contributed by atoms with van der Waals surface area (Å²) < 4.78 is 5.75. The molecule has 1 unspecified atom stereocenters. The zero-order valence-electron chi connectivity index (χ0n) is 9.50. The molecule has 2 rings (SSSR count). The Morgan fingerprint density at radius 2 is 2.00 bits per heavy atom. The van der Waals surface area contributed by atoms with Crippen LogP contribution in [-0.4, -0.2) is 0 Å². The first-order valence-corrected chi connectivity index (χ1v) is 7.29. The van der Waals surface area contributed by atoms with Gasteiger partial charge in [-0.1, -0.05) is 29.8 Å². The summed E-state index contributed by atoms with van der Waals surface area (Å²) >= 11 is 5.54. The standard InChI is InChI=1S/C13H15BrOS/c1-3-9-5-7-11(15-9)13(14)12-8-6-10(4-2)16-12/h5-8,13H,3-4H2,1-2H3. The molecule has 2 aromatic rings. The Labute approximate surface area is 109 Å². The first-order chi connectivity index (χ1) is 7.74. The van der Waals surface area contributed by atoms with Gasteiger partial charge >= 0.3 is 0 Å². The summed E-state index contributed by atoms with van der Waals surface area (Å²) in [6.45, 7) is 4.28. The van der Waals surface area contributed by atoms with Gasteiger partial charge in [-0.3, -0.25) is 0 Å². The van der Waals surface area contributed by atoms with E-state index in [4.69, 9.17) is 4.42 Å². The molecular weight excluding hydrogens is 284 g/mol. The van der Waals surface area contributed by atoms with Gasteiger partial charge in [0.15, 0.2) is 0 Å². The summed E-state index contributed by atoms with van der Waals surface area (Å²) in [5.74, 6) is 2.05. The van der Waals surface area contributed by atoms with E-state index >= 15 is 0 Å². The summed E-state index contributed by atoms with van der Waals surface area (Å²) in [7, 11) is 0. The van der Waals surface area contributed by atoms with Gasteiger partial charge in [0, 0.05) is 16.2 Å². The highest BCUT2D eigenvalue weighted by Gasteiger charge is 2.16. The predicted octanol–water partition coefficient (Wildman–Crippen LogP) is 4.95. The van der Waals surface area contributed by atoms with E-state index in [-0.39, 0.29) is 4.83 Å². The van der Waals surface area contributed by atoms with Gasteiger partial charge in [-0.15, -0.1) is 11.3 Å². The zero-order chi connectivity index (χ0) is 11.5. The van der Waals surface area contributed by atoms with Crippen molar-refractivity contribution < 1.29 is 4.42 Å². The van der Waals surface area contributed by atoms with E-state index < -0.39 is 0 Å². The Balaban J connectivity index is 2.20. The smallest absolute Gasteiger partial charge is 0.123 e. The summed E-state index contributed by atoms with van der Waals surface area (Å²) in [6.07, 6.45) is 2.05. The summed E-state index contributed by atoms with van der Waals surface area (Å²) in [4.78, 5) is 2.92. The molecule has 86 valence electrons. The molecule has 0 aliphatic heterocycles.